The standard InChI is InChI=1S/C11H10N4O5/c1-13-10(12-6-11(13)15(18)19)7-20-9-4-2-8(3-5-9)14(16)17/h2-6H,7H2,1H3. The van der Waals surface area contributed by atoms with Crippen LogP contribution in [0.25, 0.3) is 0 Å². The van der Waals surface area contributed by atoms with Gasteiger partial charge in [0.2, 0.25) is 5.82 Å². The zero-order valence-corrected chi connectivity index (χ0v) is 10.4. The normalized spacial score (nSPS) is 10.2. The van der Waals surface area contributed by atoms with E-state index in [9.17, 15) is 20.2 Å². The molecular formula is C11H10N4O5. The number of rotatable bonds is 5. The van der Waals surface area contributed by atoms with Gasteiger partial charge in [-0.15, -0.1) is 0 Å². The number of nitro groups is 2. The van der Waals surface area contributed by atoms with E-state index < -0.39 is 9.85 Å². The van der Waals surface area contributed by atoms with Crippen molar-refractivity contribution in [2.45, 2.75) is 6.61 Å². The molecule has 9 nitrogen and oxygen atoms in total. The minimum absolute atomic E-state index is 0.0299. The molecule has 1 aromatic carbocycles. The average molecular weight is 278 g/mol. The van der Waals surface area contributed by atoms with Crippen molar-refractivity contribution in [2.24, 2.45) is 7.05 Å². The number of imidazole rings is 1. The summed E-state index contributed by atoms with van der Waals surface area (Å²) in [6.45, 7) is 0.0299. The predicted molar refractivity (Wildman–Crippen MR) is 67.3 cm³/mol. The summed E-state index contributed by atoms with van der Waals surface area (Å²) in [5, 5.41) is 21.1. The lowest BCUT2D eigenvalue weighted by Gasteiger charge is -2.03. The van der Waals surface area contributed by atoms with Crippen molar-refractivity contribution in [3.05, 3.63) is 56.5 Å². The summed E-state index contributed by atoms with van der Waals surface area (Å²) in [5.41, 5.74) is -0.0371. The molecule has 0 aliphatic carbocycles. The van der Waals surface area contributed by atoms with Crippen LogP contribution in [0.5, 0.6) is 5.75 Å². The van der Waals surface area contributed by atoms with Crippen LogP contribution in [-0.4, -0.2) is 19.4 Å². The van der Waals surface area contributed by atoms with Gasteiger partial charge in [-0.1, -0.05) is 0 Å². The minimum atomic E-state index is -0.539. The van der Waals surface area contributed by atoms with Gasteiger partial charge in [-0.3, -0.25) is 10.1 Å². The number of nitrogens with zero attached hydrogens (tertiary/aromatic N) is 4. The zero-order valence-electron chi connectivity index (χ0n) is 10.4. The fraction of sp³-hybridized carbons (Fsp3) is 0.182. The number of aromatic nitrogens is 2. The van der Waals surface area contributed by atoms with Gasteiger partial charge in [-0.05, 0) is 17.1 Å². The Morgan fingerprint density at radius 1 is 1.20 bits per heavy atom. The molecule has 0 saturated heterocycles. The highest BCUT2D eigenvalue weighted by Gasteiger charge is 2.16. The smallest absolute Gasteiger partial charge is 0.342 e. The molecule has 0 unspecified atom stereocenters. The molecule has 0 aliphatic heterocycles. The van der Waals surface area contributed by atoms with Crippen molar-refractivity contribution in [3.63, 3.8) is 0 Å². The number of hydrogen-bond donors (Lipinski definition) is 0. The van der Waals surface area contributed by atoms with E-state index in [4.69, 9.17) is 4.74 Å². The molecule has 1 heterocycles. The van der Waals surface area contributed by atoms with Crippen LogP contribution in [0, 0.1) is 20.2 Å². The Hall–Kier alpha value is -2.97. The minimum Gasteiger partial charge on any atom is -0.483 e. The monoisotopic (exact) mass is 278 g/mol. The van der Waals surface area contributed by atoms with Crippen molar-refractivity contribution in [2.75, 3.05) is 0 Å². The summed E-state index contributed by atoms with van der Waals surface area (Å²) in [6, 6.07) is 5.54. The predicted octanol–water partition coefficient (Wildman–Crippen LogP) is 1.82. The van der Waals surface area contributed by atoms with E-state index in [1.165, 1.54) is 35.9 Å². The summed E-state index contributed by atoms with van der Waals surface area (Å²) >= 11 is 0. The highest BCUT2D eigenvalue weighted by molar-refractivity contribution is 5.36. The third-order valence-corrected chi connectivity index (χ3v) is 2.66. The van der Waals surface area contributed by atoms with Gasteiger partial charge in [-0.2, -0.15) is 0 Å². The van der Waals surface area contributed by atoms with Gasteiger partial charge in [0, 0.05) is 12.1 Å². The van der Waals surface area contributed by atoms with Crippen LogP contribution < -0.4 is 4.74 Å². The second-order valence-electron chi connectivity index (χ2n) is 3.89. The number of nitro benzene ring substituents is 1. The van der Waals surface area contributed by atoms with E-state index in [1.54, 1.807) is 0 Å². The zero-order chi connectivity index (χ0) is 14.7. The Morgan fingerprint density at radius 3 is 2.35 bits per heavy atom. The maximum atomic E-state index is 10.7. The number of ether oxygens (including phenoxy) is 1. The fourth-order valence-electron chi connectivity index (χ4n) is 1.55. The van der Waals surface area contributed by atoms with E-state index in [0.29, 0.717) is 11.6 Å². The van der Waals surface area contributed by atoms with Gasteiger partial charge in [0.25, 0.3) is 5.69 Å². The van der Waals surface area contributed by atoms with E-state index in [1.807, 2.05) is 0 Å². The number of benzene rings is 1. The topological polar surface area (TPSA) is 113 Å². The molecule has 0 N–H and O–H groups in total. The maximum absolute atomic E-state index is 10.7. The second kappa shape index (κ2) is 5.34. The molecule has 1 aromatic heterocycles. The van der Waals surface area contributed by atoms with Gasteiger partial charge in [0.1, 0.15) is 11.9 Å². The molecule has 9 heteroatoms. The Morgan fingerprint density at radius 2 is 1.85 bits per heavy atom. The molecule has 0 spiro atoms. The molecule has 2 rings (SSSR count). The highest BCUT2D eigenvalue weighted by atomic mass is 16.6. The van der Waals surface area contributed by atoms with Crippen molar-refractivity contribution >= 4 is 11.5 Å². The average Bonchev–Trinajstić information content (AvgIpc) is 2.78. The van der Waals surface area contributed by atoms with E-state index >= 15 is 0 Å². The van der Waals surface area contributed by atoms with Crippen LogP contribution in [0.15, 0.2) is 30.5 Å². The van der Waals surface area contributed by atoms with Crippen molar-refractivity contribution in [3.8, 4) is 5.75 Å². The van der Waals surface area contributed by atoms with Crippen molar-refractivity contribution < 1.29 is 14.6 Å². The third-order valence-electron chi connectivity index (χ3n) is 2.66. The van der Waals surface area contributed by atoms with E-state index in [2.05, 4.69) is 4.98 Å². The Kier molecular flexibility index (Phi) is 3.60. The molecule has 0 saturated carbocycles. The molecule has 0 radical (unpaired) electrons. The second-order valence-corrected chi connectivity index (χ2v) is 3.89. The number of hydrogen-bond acceptors (Lipinski definition) is 6. The first-order valence-corrected chi connectivity index (χ1v) is 5.51. The van der Waals surface area contributed by atoms with Crippen molar-refractivity contribution in [1.82, 2.24) is 9.55 Å². The fourth-order valence-corrected chi connectivity index (χ4v) is 1.55. The lowest BCUT2D eigenvalue weighted by Crippen LogP contribution is -2.05. The molecule has 0 amide bonds. The first-order valence-electron chi connectivity index (χ1n) is 5.51. The summed E-state index contributed by atoms with van der Waals surface area (Å²) in [7, 11) is 1.51. The summed E-state index contributed by atoms with van der Waals surface area (Å²) in [6.07, 6.45) is 1.15. The van der Waals surface area contributed by atoms with Crippen LogP contribution in [0.1, 0.15) is 5.82 Å². The van der Waals surface area contributed by atoms with E-state index in [0.717, 1.165) is 6.20 Å². The molecule has 20 heavy (non-hydrogen) atoms. The quantitative estimate of drug-likeness (QED) is 0.608. The molecule has 0 fully saturated rings. The Labute approximate surface area is 112 Å². The summed E-state index contributed by atoms with van der Waals surface area (Å²) < 4.78 is 6.68. The van der Waals surface area contributed by atoms with Crippen LogP contribution in [0.2, 0.25) is 0 Å². The van der Waals surface area contributed by atoms with Crippen LogP contribution in [0.4, 0.5) is 11.5 Å². The molecule has 0 aliphatic rings. The first kappa shape index (κ1) is 13.5. The lowest BCUT2D eigenvalue weighted by atomic mass is 10.3. The molecule has 2 aromatic rings. The Balaban J connectivity index is 2.05. The summed E-state index contributed by atoms with van der Waals surface area (Å²) in [5.74, 6) is 0.670. The van der Waals surface area contributed by atoms with E-state index in [-0.39, 0.29) is 18.1 Å². The Bertz CT molecular complexity index is 649. The third kappa shape index (κ3) is 2.71. The maximum Gasteiger partial charge on any atom is 0.342 e. The largest absolute Gasteiger partial charge is 0.483 e. The molecule has 0 bridgehead atoms. The molecule has 104 valence electrons. The van der Waals surface area contributed by atoms with Crippen LogP contribution in [-0.2, 0) is 13.7 Å². The number of non-ortho nitro benzene ring substituents is 1. The lowest BCUT2D eigenvalue weighted by molar-refractivity contribution is -0.391. The van der Waals surface area contributed by atoms with Gasteiger partial charge < -0.3 is 14.9 Å². The highest BCUT2D eigenvalue weighted by Crippen LogP contribution is 2.19. The van der Waals surface area contributed by atoms with Crippen LogP contribution in [0.3, 0.4) is 0 Å². The molecule has 0 atom stereocenters. The van der Waals surface area contributed by atoms with Crippen molar-refractivity contribution in [1.29, 1.82) is 0 Å². The van der Waals surface area contributed by atoms with Gasteiger partial charge >= 0.3 is 5.82 Å². The van der Waals surface area contributed by atoms with Crippen LogP contribution >= 0.6 is 0 Å². The first-order chi connectivity index (χ1) is 9.49. The SMILES string of the molecule is Cn1c([N+](=O)[O-])cnc1COc1ccc([N+](=O)[O-])cc1. The van der Waals surface area contributed by atoms with Gasteiger partial charge in [0.05, 0.1) is 12.0 Å². The molecular weight excluding hydrogens is 268 g/mol. The van der Waals surface area contributed by atoms with Gasteiger partial charge in [0.15, 0.2) is 6.61 Å². The van der Waals surface area contributed by atoms with Gasteiger partial charge in [-0.25, -0.2) is 9.55 Å². The summed E-state index contributed by atoms with van der Waals surface area (Å²) in [4.78, 5) is 24.0.